The van der Waals surface area contributed by atoms with Crippen molar-refractivity contribution in [3.63, 3.8) is 0 Å². The highest BCUT2D eigenvalue weighted by Gasteiger charge is 2.22. The van der Waals surface area contributed by atoms with Crippen molar-refractivity contribution in [1.29, 1.82) is 0 Å². The van der Waals surface area contributed by atoms with E-state index in [0.29, 0.717) is 23.8 Å². The van der Waals surface area contributed by atoms with Gasteiger partial charge in [-0.15, -0.1) is 0 Å². The predicted molar refractivity (Wildman–Crippen MR) is 120 cm³/mol. The Bertz CT molecular complexity index is 958. The number of hydrogen-bond acceptors (Lipinski definition) is 5. The van der Waals surface area contributed by atoms with Crippen LogP contribution < -0.4 is 9.64 Å². The first kappa shape index (κ1) is 20.8. The second-order valence-corrected chi connectivity index (χ2v) is 8.52. The number of fused-ring (bicyclic) bond motifs is 1. The third-order valence-corrected chi connectivity index (χ3v) is 5.96. The number of benzene rings is 2. The topological polar surface area (TPSA) is 45.7 Å². The molecule has 1 heterocycles. The smallest absolute Gasteiger partial charge is 0.261 e. The molecule has 3 aromatic rings. The molecule has 28 heavy (non-hydrogen) atoms. The van der Waals surface area contributed by atoms with Crippen LogP contribution in [0.4, 0.5) is 5.13 Å². The van der Waals surface area contributed by atoms with E-state index in [1.165, 1.54) is 11.3 Å². The van der Waals surface area contributed by atoms with Crippen LogP contribution in [0.1, 0.15) is 23.7 Å². The normalized spacial score (nSPS) is 11.2. The number of aromatic nitrogens is 1. The summed E-state index contributed by atoms with van der Waals surface area (Å²) in [6, 6.07) is 13.4. The Balaban J connectivity index is 1.94. The van der Waals surface area contributed by atoms with E-state index in [9.17, 15) is 4.79 Å². The first-order chi connectivity index (χ1) is 13.5. The molecule has 0 fully saturated rings. The maximum absolute atomic E-state index is 13.3. The molecule has 148 valence electrons. The van der Waals surface area contributed by atoms with E-state index in [2.05, 4.69) is 20.8 Å². The summed E-state index contributed by atoms with van der Waals surface area (Å²) >= 11 is 5.02. The summed E-state index contributed by atoms with van der Waals surface area (Å²) in [4.78, 5) is 21.9. The van der Waals surface area contributed by atoms with E-state index in [4.69, 9.17) is 9.72 Å². The maximum Gasteiger partial charge on any atom is 0.261 e. The zero-order valence-corrected chi connectivity index (χ0v) is 18.7. The lowest BCUT2D eigenvalue weighted by Crippen LogP contribution is -2.33. The Morgan fingerprint density at radius 1 is 1.18 bits per heavy atom. The molecular weight excluding hydrogens is 438 g/mol. The minimum absolute atomic E-state index is 0.0460. The van der Waals surface area contributed by atoms with Gasteiger partial charge in [-0.1, -0.05) is 23.5 Å². The molecule has 2 aromatic carbocycles. The Labute approximate surface area is 178 Å². The molecule has 0 saturated heterocycles. The Morgan fingerprint density at radius 3 is 2.68 bits per heavy atom. The van der Waals surface area contributed by atoms with Gasteiger partial charge in [-0.2, -0.15) is 0 Å². The molecule has 0 aliphatic rings. The Kier molecular flexibility index (Phi) is 7.04. The molecule has 0 aliphatic carbocycles. The number of thiazole rings is 1. The van der Waals surface area contributed by atoms with Gasteiger partial charge in [-0.3, -0.25) is 9.69 Å². The largest absolute Gasteiger partial charge is 0.494 e. The highest BCUT2D eigenvalue weighted by molar-refractivity contribution is 9.10. The average Bonchev–Trinajstić information content (AvgIpc) is 3.08. The summed E-state index contributed by atoms with van der Waals surface area (Å²) in [7, 11) is 4.07. The van der Waals surface area contributed by atoms with Crippen LogP contribution in [0.25, 0.3) is 10.2 Å². The van der Waals surface area contributed by atoms with Gasteiger partial charge in [-0.05, 0) is 80.2 Å². The second kappa shape index (κ2) is 9.49. The van der Waals surface area contributed by atoms with Crippen molar-refractivity contribution >= 4 is 48.5 Å². The lowest BCUT2D eigenvalue weighted by molar-refractivity contribution is 0.0985. The molecule has 0 unspecified atom stereocenters. The van der Waals surface area contributed by atoms with Crippen LogP contribution in [0, 0.1) is 0 Å². The van der Waals surface area contributed by atoms with Gasteiger partial charge >= 0.3 is 0 Å². The SMILES string of the molecule is CCOc1ccc2nc(N(CCCN(C)C)C(=O)c3ccccc3Br)sc2c1. The third kappa shape index (κ3) is 4.90. The molecule has 0 spiro atoms. The highest BCUT2D eigenvalue weighted by Crippen LogP contribution is 2.33. The van der Waals surface area contributed by atoms with Crippen LogP contribution >= 0.6 is 27.3 Å². The van der Waals surface area contributed by atoms with Crippen LogP contribution in [0.5, 0.6) is 5.75 Å². The van der Waals surface area contributed by atoms with E-state index < -0.39 is 0 Å². The van der Waals surface area contributed by atoms with Crippen LogP contribution in [0.2, 0.25) is 0 Å². The molecule has 0 radical (unpaired) electrons. The van der Waals surface area contributed by atoms with Crippen molar-refractivity contribution in [2.45, 2.75) is 13.3 Å². The van der Waals surface area contributed by atoms with E-state index in [-0.39, 0.29) is 5.91 Å². The fraction of sp³-hybridized carbons (Fsp3) is 0.333. The van der Waals surface area contributed by atoms with Crippen molar-refractivity contribution in [1.82, 2.24) is 9.88 Å². The minimum atomic E-state index is -0.0460. The quantitative estimate of drug-likeness (QED) is 0.470. The molecular formula is C21H24BrN3O2S. The summed E-state index contributed by atoms with van der Waals surface area (Å²) in [5, 5.41) is 0.711. The third-order valence-electron chi connectivity index (χ3n) is 4.23. The molecule has 3 rings (SSSR count). The van der Waals surface area contributed by atoms with Gasteiger partial charge in [0.2, 0.25) is 0 Å². The number of carbonyl (C=O) groups excluding carboxylic acids is 1. The van der Waals surface area contributed by atoms with Crippen LogP contribution in [0.3, 0.4) is 0 Å². The van der Waals surface area contributed by atoms with Gasteiger partial charge in [-0.25, -0.2) is 4.98 Å². The van der Waals surface area contributed by atoms with Crippen molar-refractivity contribution < 1.29 is 9.53 Å². The zero-order chi connectivity index (χ0) is 20.1. The van der Waals surface area contributed by atoms with Crippen molar-refractivity contribution in [2.75, 3.05) is 38.7 Å². The van der Waals surface area contributed by atoms with Gasteiger partial charge in [0, 0.05) is 11.0 Å². The summed E-state index contributed by atoms with van der Waals surface area (Å²) in [5.74, 6) is 0.775. The summed E-state index contributed by atoms with van der Waals surface area (Å²) < 4.78 is 7.40. The number of rotatable bonds is 8. The van der Waals surface area contributed by atoms with Crippen molar-refractivity contribution in [3.8, 4) is 5.75 Å². The molecule has 0 bridgehead atoms. The minimum Gasteiger partial charge on any atom is -0.494 e. The summed E-state index contributed by atoms with van der Waals surface area (Å²) in [5.41, 5.74) is 1.52. The molecule has 5 nitrogen and oxygen atoms in total. The fourth-order valence-corrected chi connectivity index (χ4v) is 4.35. The average molecular weight is 462 g/mol. The monoisotopic (exact) mass is 461 g/mol. The maximum atomic E-state index is 13.3. The fourth-order valence-electron chi connectivity index (χ4n) is 2.87. The van der Waals surface area contributed by atoms with Gasteiger partial charge in [0.25, 0.3) is 5.91 Å². The van der Waals surface area contributed by atoms with E-state index >= 15 is 0 Å². The highest BCUT2D eigenvalue weighted by atomic mass is 79.9. The number of nitrogens with zero attached hydrogens (tertiary/aromatic N) is 3. The molecule has 0 N–H and O–H groups in total. The number of anilines is 1. The molecule has 0 aliphatic heterocycles. The van der Waals surface area contributed by atoms with Crippen molar-refractivity contribution in [3.05, 3.63) is 52.5 Å². The first-order valence-corrected chi connectivity index (χ1v) is 10.8. The molecule has 0 atom stereocenters. The molecule has 1 amide bonds. The van der Waals surface area contributed by atoms with Crippen LogP contribution in [-0.4, -0.2) is 49.6 Å². The van der Waals surface area contributed by atoms with Crippen LogP contribution in [-0.2, 0) is 0 Å². The van der Waals surface area contributed by atoms with Gasteiger partial charge in [0.05, 0.1) is 22.4 Å². The number of amides is 1. The van der Waals surface area contributed by atoms with Crippen molar-refractivity contribution in [2.24, 2.45) is 0 Å². The standard InChI is InChI=1S/C21H24BrN3O2S/c1-4-27-15-10-11-18-19(14-15)28-21(23-18)25(13-7-12-24(2)3)20(26)16-8-5-6-9-17(16)22/h5-6,8-11,14H,4,7,12-13H2,1-3H3. The van der Waals surface area contributed by atoms with Crippen LogP contribution in [0.15, 0.2) is 46.9 Å². The molecule has 7 heteroatoms. The summed E-state index contributed by atoms with van der Waals surface area (Å²) in [6.45, 7) is 4.09. The van der Waals surface area contributed by atoms with Gasteiger partial charge in [0.1, 0.15) is 5.75 Å². The zero-order valence-electron chi connectivity index (χ0n) is 16.3. The number of ether oxygens (including phenoxy) is 1. The van der Waals surface area contributed by atoms with Gasteiger partial charge in [0.15, 0.2) is 5.13 Å². The number of halogens is 1. The second-order valence-electron chi connectivity index (χ2n) is 6.65. The Morgan fingerprint density at radius 2 is 1.96 bits per heavy atom. The van der Waals surface area contributed by atoms with E-state index in [1.807, 2.05) is 63.5 Å². The number of hydrogen-bond donors (Lipinski definition) is 0. The lowest BCUT2D eigenvalue weighted by atomic mass is 10.2. The summed E-state index contributed by atoms with van der Waals surface area (Å²) in [6.07, 6.45) is 0.864. The lowest BCUT2D eigenvalue weighted by Gasteiger charge is -2.21. The van der Waals surface area contributed by atoms with E-state index in [1.54, 1.807) is 4.90 Å². The molecule has 1 aromatic heterocycles. The predicted octanol–water partition coefficient (Wildman–Crippen LogP) is 5.06. The van der Waals surface area contributed by atoms with E-state index in [0.717, 1.165) is 33.4 Å². The Hall–Kier alpha value is -1.96. The number of carbonyl (C=O) groups is 1. The first-order valence-electron chi connectivity index (χ1n) is 9.24. The van der Waals surface area contributed by atoms with Gasteiger partial charge < -0.3 is 9.64 Å². The molecule has 0 saturated carbocycles.